The van der Waals surface area contributed by atoms with Gasteiger partial charge in [-0.05, 0) is 62.2 Å². The van der Waals surface area contributed by atoms with E-state index in [2.05, 4.69) is 26.4 Å². The Labute approximate surface area is 223 Å². The smallest absolute Gasteiger partial charge is 0.159 e. The number of aromatic nitrogens is 4. The summed E-state index contributed by atoms with van der Waals surface area (Å²) in [6, 6.07) is 14.0. The van der Waals surface area contributed by atoms with Crippen molar-refractivity contribution >= 4 is 29.7 Å². The molecule has 5 rings (SSSR count). The number of hydrogen-bond acceptors (Lipinski definition) is 6. The van der Waals surface area contributed by atoms with Crippen LogP contribution in [0.1, 0.15) is 29.3 Å². The van der Waals surface area contributed by atoms with E-state index in [9.17, 15) is 0 Å². The third kappa shape index (κ3) is 6.22. The molecule has 2 N–H and O–H groups in total. The molecular formula is C27H32Cl2N6O. The van der Waals surface area contributed by atoms with Gasteiger partial charge in [0, 0.05) is 42.1 Å². The fraction of sp³-hybridized carbons (Fsp3) is 0.370. The number of ether oxygens (including phenoxy) is 1. The van der Waals surface area contributed by atoms with Crippen LogP contribution in [0.2, 0.25) is 5.02 Å². The molecule has 0 bridgehead atoms. The summed E-state index contributed by atoms with van der Waals surface area (Å²) >= 11 is 6.20. The normalized spacial score (nSPS) is 15.1. The molecule has 9 heteroatoms. The van der Waals surface area contributed by atoms with Crippen LogP contribution < -0.4 is 5.73 Å². The molecule has 1 aliphatic rings. The minimum atomic E-state index is 0. The van der Waals surface area contributed by atoms with Gasteiger partial charge < -0.3 is 10.5 Å². The van der Waals surface area contributed by atoms with Gasteiger partial charge in [0.25, 0.3) is 0 Å². The Morgan fingerprint density at radius 1 is 1.08 bits per heavy atom. The van der Waals surface area contributed by atoms with E-state index in [1.165, 1.54) is 0 Å². The minimum absolute atomic E-state index is 0. The number of halogens is 2. The van der Waals surface area contributed by atoms with Crippen molar-refractivity contribution in [2.24, 2.45) is 5.73 Å². The van der Waals surface area contributed by atoms with Gasteiger partial charge in [0.2, 0.25) is 0 Å². The SMILES string of the molecule is Cl.NCC(Cc1cccc(-c2cnc3c(CCCN4CCOCC4)nccn23)n1)c1cccc(Cl)c1. The maximum atomic E-state index is 6.20. The van der Waals surface area contributed by atoms with Gasteiger partial charge in [0.05, 0.1) is 36.5 Å². The van der Waals surface area contributed by atoms with Gasteiger partial charge in [-0.15, -0.1) is 12.4 Å². The number of nitrogens with two attached hydrogens (primary N) is 1. The topological polar surface area (TPSA) is 81.6 Å². The van der Waals surface area contributed by atoms with Gasteiger partial charge in [-0.25, -0.2) is 4.98 Å². The molecule has 0 saturated carbocycles. The number of benzene rings is 1. The van der Waals surface area contributed by atoms with Crippen LogP contribution in [0.3, 0.4) is 0 Å². The van der Waals surface area contributed by atoms with Gasteiger partial charge >= 0.3 is 0 Å². The first-order valence-corrected chi connectivity index (χ1v) is 12.6. The summed E-state index contributed by atoms with van der Waals surface area (Å²) in [5.41, 5.74) is 12.0. The molecule has 0 aliphatic carbocycles. The maximum Gasteiger partial charge on any atom is 0.159 e. The standard InChI is InChI=1S/C27H31ClN6O.ClH/c28-22-5-1-4-20(16-22)21(18-29)17-23-6-2-7-24(32-23)26-19-31-27-25(30-9-11-34(26)27)8-3-10-33-12-14-35-15-13-33;/h1-2,4-7,9,11,16,19,21H,3,8,10,12-15,17-18,29H2;1H. The number of hydrogen-bond donors (Lipinski definition) is 1. The van der Waals surface area contributed by atoms with Crippen LogP contribution in [0.5, 0.6) is 0 Å². The Bertz CT molecular complexity index is 1270. The molecule has 4 heterocycles. The molecule has 1 saturated heterocycles. The summed E-state index contributed by atoms with van der Waals surface area (Å²) in [5, 5.41) is 0.725. The molecule has 0 amide bonds. The second-order valence-corrected chi connectivity index (χ2v) is 9.41. The number of aryl methyl sites for hydroxylation is 1. The molecule has 36 heavy (non-hydrogen) atoms. The zero-order chi connectivity index (χ0) is 24.0. The van der Waals surface area contributed by atoms with Gasteiger partial charge in [-0.3, -0.25) is 19.3 Å². The second-order valence-electron chi connectivity index (χ2n) is 8.97. The maximum absolute atomic E-state index is 6.20. The van der Waals surface area contributed by atoms with E-state index in [1.54, 1.807) is 0 Å². The first kappa shape index (κ1) is 26.5. The summed E-state index contributed by atoms with van der Waals surface area (Å²) in [4.78, 5) is 16.8. The number of fused-ring (bicyclic) bond motifs is 1. The highest BCUT2D eigenvalue weighted by atomic mass is 35.5. The second kappa shape index (κ2) is 12.6. The lowest BCUT2D eigenvalue weighted by atomic mass is 9.94. The van der Waals surface area contributed by atoms with Crippen molar-refractivity contribution in [3.8, 4) is 11.4 Å². The lowest BCUT2D eigenvalue weighted by Gasteiger charge is -2.26. The van der Waals surface area contributed by atoms with E-state index in [-0.39, 0.29) is 18.3 Å². The van der Waals surface area contributed by atoms with Crippen LogP contribution in [-0.4, -0.2) is 63.6 Å². The highest BCUT2D eigenvalue weighted by Gasteiger charge is 2.16. The lowest BCUT2D eigenvalue weighted by molar-refractivity contribution is 0.0374. The fourth-order valence-corrected chi connectivity index (χ4v) is 4.92. The first-order valence-electron chi connectivity index (χ1n) is 12.2. The van der Waals surface area contributed by atoms with Crippen molar-refractivity contribution in [2.75, 3.05) is 39.4 Å². The number of imidazole rings is 1. The van der Waals surface area contributed by atoms with Gasteiger partial charge in [0.1, 0.15) is 0 Å². The molecule has 0 spiro atoms. The van der Waals surface area contributed by atoms with Crippen LogP contribution in [-0.2, 0) is 17.6 Å². The molecule has 1 atom stereocenters. The average molecular weight is 528 g/mol. The highest BCUT2D eigenvalue weighted by Crippen LogP contribution is 2.25. The largest absolute Gasteiger partial charge is 0.379 e. The van der Waals surface area contributed by atoms with E-state index >= 15 is 0 Å². The molecule has 1 fully saturated rings. The monoisotopic (exact) mass is 526 g/mol. The van der Waals surface area contributed by atoms with E-state index in [4.69, 9.17) is 32.0 Å². The van der Waals surface area contributed by atoms with Crippen LogP contribution >= 0.6 is 24.0 Å². The molecular weight excluding hydrogens is 495 g/mol. The predicted octanol–water partition coefficient (Wildman–Crippen LogP) is 4.42. The summed E-state index contributed by atoms with van der Waals surface area (Å²) in [6.07, 6.45) is 8.40. The van der Waals surface area contributed by atoms with Crippen molar-refractivity contribution in [3.05, 3.63) is 83.0 Å². The van der Waals surface area contributed by atoms with Crippen LogP contribution in [0.25, 0.3) is 17.0 Å². The Morgan fingerprint density at radius 3 is 2.72 bits per heavy atom. The predicted molar refractivity (Wildman–Crippen MR) is 146 cm³/mol. The number of morpholine rings is 1. The summed E-state index contributed by atoms with van der Waals surface area (Å²) < 4.78 is 7.54. The summed E-state index contributed by atoms with van der Waals surface area (Å²) in [6.45, 7) is 5.26. The minimum Gasteiger partial charge on any atom is -0.379 e. The quantitative estimate of drug-likeness (QED) is 0.347. The third-order valence-corrected chi connectivity index (χ3v) is 6.86. The Balaban J connectivity index is 0.00000304. The fourth-order valence-electron chi connectivity index (χ4n) is 4.72. The zero-order valence-corrected chi connectivity index (χ0v) is 21.8. The summed E-state index contributed by atoms with van der Waals surface area (Å²) in [7, 11) is 0. The van der Waals surface area contributed by atoms with Gasteiger partial charge in [0.15, 0.2) is 5.65 Å². The van der Waals surface area contributed by atoms with E-state index in [1.807, 2.05) is 48.9 Å². The third-order valence-electron chi connectivity index (χ3n) is 6.62. The van der Waals surface area contributed by atoms with E-state index < -0.39 is 0 Å². The van der Waals surface area contributed by atoms with Crippen LogP contribution in [0.4, 0.5) is 0 Å². The Kier molecular flexibility index (Phi) is 9.29. The molecule has 7 nitrogen and oxygen atoms in total. The molecule has 0 radical (unpaired) electrons. The van der Waals surface area contributed by atoms with E-state index in [0.717, 1.165) is 91.1 Å². The Hall–Kier alpha value is -2.55. The van der Waals surface area contributed by atoms with Crippen molar-refractivity contribution in [1.29, 1.82) is 0 Å². The van der Waals surface area contributed by atoms with E-state index in [0.29, 0.717) is 6.54 Å². The molecule has 1 aromatic carbocycles. The van der Waals surface area contributed by atoms with Crippen LogP contribution in [0, 0.1) is 0 Å². The molecule has 190 valence electrons. The number of nitrogens with zero attached hydrogens (tertiary/aromatic N) is 5. The number of rotatable bonds is 9. The average Bonchev–Trinajstić information content (AvgIpc) is 3.33. The van der Waals surface area contributed by atoms with Crippen molar-refractivity contribution in [2.45, 2.75) is 25.2 Å². The van der Waals surface area contributed by atoms with Crippen molar-refractivity contribution in [3.63, 3.8) is 0 Å². The summed E-state index contributed by atoms with van der Waals surface area (Å²) in [5.74, 6) is 0.154. The van der Waals surface area contributed by atoms with Gasteiger partial charge in [-0.1, -0.05) is 29.8 Å². The first-order chi connectivity index (χ1) is 17.2. The van der Waals surface area contributed by atoms with Crippen LogP contribution in [0.15, 0.2) is 61.1 Å². The number of pyridine rings is 1. The zero-order valence-electron chi connectivity index (χ0n) is 20.2. The highest BCUT2D eigenvalue weighted by molar-refractivity contribution is 6.30. The molecule has 1 aliphatic heterocycles. The molecule has 4 aromatic rings. The molecule has 1 unspecified atom stereocenters. The lowest BCUT2D eigenvalue weighted by Crippen LogP contribution is -2.37. The van der Waals surface area contributed by atoms with Crippen molar-refractivity contribution < 1.29 is 4.74 Å². The van der Waals surface area contributed by atoms with Crippen molar-refractivity contribution in [1.82, 2.24) is 24.3 Å². The molecule has 3 aromatic heterocycles. The Morgan fingerprint density at radius 2 is 1.92 bits per heavy atom. The van der Waals surface area contributed by atoms with Gasteiger partial charge in [-0.2, -0.15) is 0 Å².